The molecular formula is C5H4F3N3O. The summed E-state index contributed by atoms with van der Waals surface area (Å²) in [5.41, 5.74) is 5.05. The quantitative estimate of drug-likeness (QED) is 0.697. The van der Waals surface area contributed by atoms with Crippen molar-refractivity contribution in [1.29, 1.82) is 0 Å². The summed E-state index contributed by atoms with van der Waals surface area (Å²) in [5, 5.41) is 0. The Balaban J connectivity index is 2.83. The molecule has 0 aliphatic carbocycles. The third-order valence-electron chi connectivity index (χ3n) is 0.933. The molecule has 0 spiro atoms. The number of nitrogens with two attached hydrogens (primary N) is 1. The summed E-state index contributed by atoms with van der Waals surface area (Å²) in [6, 6.07) is 0. The summed E-state index contributed by atoms with van der Waals surface area (Å²) in [7, 11) is 0. The Bertz CT molecular complexity index is 275. The van der Waals surface area contributed by atoms with Gasteiger partial charge in [-0.2, -0.15) is 0 Å². The maximum Gasteiger partial charge on any atom is 0.573 e. The summed E-state index contributed by atoms with van der Waals surface area (Å²) >= 11 is 0. The van der Waals surface area contributed by atoms with Crippen molar-refractivity contribution in [3.05, 3.63) is 12.5 Å². The molecule has 2 N–H and O–H groups in total. The molecule has 0 aromatic carbocycles. The van der Waals surface area contributed by atoms with E-state index in [4.69, 9.17) is 5.73 Å². The Morgan fingerprint density at radius 3 is 2.58 bits per heavy atom. The van der Waals surface area contributed by atoms with Crippen LogP contribution in [0.4, 0.5) is 19.0 Å². The maximum atomic E-state index is 11.6. The van der Waals surface area contributed by atoms with Gasteiger partial charge in [-0.1, -0.05) is 0 Å². The average Bonchev–Trinajstić information content (AvgIpc) is 1.91. The van der Waals surface area contributed by atoms with Crippen LogP contribution in [0.2, 0.25) is 0 Å². The molecule has 0 bridgehead atoms. The van der Waals surface area contributed by atoms with Crippen LogP contribution in [0.1, 0.15) is 0 Å². The highest BCUT2D eigenvalue weighted by Gasteiger charge is 2.32. The largest absolute Gasteiger partial charge is 0.573 e. The van der Waals surface area contributed by atoms with Crippen molar-refractivity contribution in [2.75, 3.05) is 5.73 Å². The number of halogens is 3. The lowest BCUT2D eigenvalue weighted by molar-refractivity contribution is -0.274. The number of aromatic nitrogens is 2. The van der Waals surface area contributed by atoms with Crippen LogP contribution in [0.25, 0.3) is 0 Å². The number of hydrogen-bond acceptors (Lipinski definition) is 4. The van der Waals surface area contributed by atoms with Crippen LogP contribution < -0.4 is 10.5 Å². The first-order valence-electron chi connectivity index (χ1n) is 2.80. The van der Waals surface area contributed by atoms with Crippen LogP contribution in [0.3, 0.4) is 0 Å². The van der Waals surface area contributed by atoms with Crippen LogP contribution in [0, 0.1) is 0 Å². The smallest absolute Gasteiger partial charge is 0.400 e. The molecule has 0 fully saturated rings. The van der Waals surface area contributed by atoms with Gasteiger partial charge in [-0.05, 0) is 0 Å². The molecule has 0 saturated carbocycles. The first kappa shape index (κ1) is 8.57. The topological polar surface area (TPSA) is 61.0 Å². The molecule has 0 aliphatic heterocycles. The van der Waals surface area contributed by atoms with E-state index in [1.807, 2.05) is 0 Å². The molecule has 0 aliphatic rings. The predicted molar refractivity (Wildman–Crippen MR) is 33.1 cm³/mol. The summed E-state index contributed by atoms with van der Waals surface area (Å²) < 4.78 is 38.2. The molecule has 0 amide bonds. The zero-order valence-electron chi connectivity index (χ0n) is 5.67. The van der Waals surface area contributed by atoms with Crippen molar-refractivity contribution in [2.45, 2.75) is 6.36 Å². The molecule has 0 saturated heterocycles. The van der Waals surface area contributed by atoms with Crippen LogP contribution >= 0.6 is 0 Å². The van der Waals surface area contributed by atoms with Gasteiger partial charge in [0.1, 0.15) is 6.33 Å². The van der Waals surface area contributed by atoms with Gasteiger partial charge in [0.15, 0.2) is 11.6 Å². The minimum Gasteiger partial charge on any atom is -0.400 e. The number of anilines is 1. The van der Waals surface area contributed by atoms with Gasteiger partial charge in [0, 0.05) is 0 Å². The first-order chi connectivity index (χ1) is 5.49. The Morgan fingerprint density at radius 1 is 1.42 bits per heavy atom. The van der Waals surface area contributed by atoms with E-state index in [0.717, 1.165) is 12.5 Å². The van der Waals surface area contributed by atoms with Crippen molar-refractivity contribution in [3.8, 4) is 5.75 Å². The van der Waals surface area contributed by atoms with Gasteiger partial charge < -0.3 is 10.5 Å². The van der Waals surface area contributed by atoms with Gasteiger partial charge >= 0.3 is 6.36 Å². The lowest BCUT2D eigenvalue weighted by Crippen LogP contribution is -2.18. The predicted octanol–water partition coefficient (Wildman–Crippen LogP) is 0.957. The molecule has 0 radical (unpaired) electrons. The Hall–Kier alpha value is -1.53. The minimum atomic E-state index is -4.77. The number of ether oxygens (including phenoxy) is 1. The molecule has 66 valence electrons. The second-order valence-corrected chi connectivity index (χ2v) is 1.82. The molecule has 1 rings (SSSR count). The second-order valence-electron chi connectivity index (χ2n) is 1.82. The summed E-state index contributed by atoms with van der Waals surface area (Å²) in [6.45, 7) is 0. The Labute approximate surface area is 65.2 Å². The fourth-order valence-corrected chi connectivity index (χ4v) is 0.530. The van der Waals surface area contributed by atoms with Crippen LogP contribution in [-0.2, 0) is 0 Å². The van der Waals surface area contributed by atoms with Crippen molar-refractivity contribution >= 4 is 5.82 Å². The van der Waals surface area contributed by atoms with E-state index in [1.165, 1.54) is 0 Å². The summed E-state index contributed by atoms with van der Waals surface area (Å²) in [5.74, 6) is -0.938. The van der Waals surface area contributed by atoms with Crippen molar-refractivity contribution < 1.29 is 17.9 Å². The van der Waals surface area contributed by atoms with Crippen LogP contribution in [0.5, 0.6) is 5.75 Å². The van der Waals surface area contributed by atoms with Crippen molar-refractivity contribution in [1.82, 2.24) is 9.97 Å². The van der Waals surface area contributed by atoms with E-state index in [2.05, 4.69) is 14.7 Å². The van der Waals surface area contributed by atoms with Gasteiger partial charge in [-0.25, -0.2) is 9.97 Å². The van der Waals surface area contributed by atoms with E-state index >= 15 is 0 Å². The molecule has 0 unspecified atom stereocenters. The lowest BCUT2D eigenvalue weighted by atomic mass is 10.5. The molecule has 0 atom stereocenters. The van der Waals surface area contributed by atoms with E-state index < -0.39 is 12.1 Å². The van der Waals surface area contributed by atoms with E-state index in [0.29, 0.717) is 0 Å². The Morgan fingerprint density at radius 2 is 2.08 bits per heavy atom. The highest BCUT2D eigenvalue weighted by Crippen LogP contribution is 2.24. The summed E-state index contributed by atoms with van der Waals surface area (Å²) in [4.78, 5) is 6.62. The van der Waals surface area contributed by atoms with Crippen molar-refractivity contribution in [3.63, 3.8) is 0 Å². The fourth-order valence-electron chi connectivity index (χ4n) is 0.530. The van der Waals surface area contributed by atoms with Gasteiger partial charge in [0.2, 0.25) is 0 Å². The number of hydrogen-bond donors (Lipinski definition) is 1. The van der Waals surface area contributed by atoms with Crippen LogP contribution in [-0.4, -0.2) is 16.3 Å². The average molecular weight is 179 g/mol. The molecule has 12 heavy (non-hydrogen) atoms. The Kier molecular flexibility index (Phi) is 2.03. The highest BCUT2D eigenvalue weighted by atomic mass is 19.4. The zero-order chi connectivity index (χ0) is 9.19. The van der Waals surface area contributed by atoms with Gasteiger partial charge in [0.05, 0.1) is 6.20 Å². The van der Waals surface area contributed by atoms with E-state index in [-0.39, 0.29) is 5.82 Å². The van der Waals surface area contributed by atoms with Crippen molar-refractivity contribution in [2.24, 2.45) is 0 Å². The van der Waals surface area contributed by atoms with Gasteiger partial charge in [-0.15, -0.1) is 13.2 Å². The molecule has 4 nitrogen and oxygen atoms in total. The number of nitrogens with zero attached hydrogens (tertiary/aromatic N) is 2. The molecule has 1 aromatic heterocycles. The highest BCUT2D eigenvalue weighted by molar-refractivity contribution is 5.42. The maximum absolute atomic E-state index is 11.6. The SMILES string of the molecule is Nc1ncncc1OC(F)(F)F. The molecule has 7 heteroatoms. The zero-order valence-corrected chi connectivity index (χ0v) is 5.67. The van der Waals surface area contributed by atoms with Gasteiger partial charge in [-0.3, -0.25) is 0 Å². The monoisotopic (exact) mass is 179 g/mol. The molecule has 1 aromatic rings. The molecular weight excluding hydrogens is 175 g/mol. The third-order valence-corrected chi connectivity index (χ3v) is 0.933. The standard InChI is InChI=1S/C5H4F3N3O/c6-5(7,8)12-3-1-10-2-11-4(3)9/h1-2H,(H2,9,10,11). The fraction of sp³-hybridized carbons (Fsp3) is 0.200. The number of nitrogen functional groups attached to an aromatic ring is 1. The van der Waals surface area contributed by atoms with Gasteiger partial charge in [0.25, 0.3) is 0 Å². The minimum absolute atomic E-state index is 0.345. The summed E-state index contributed by atoms with van der Waals surface area (Å²) in [6.07, 6.45) is -2.90. The van der Waals surface area contributed by atoms with Crippen LogP contribution in [0.15, 0.2) is 12.5 Å². The normalized spacial score (nSPS) is 11.2. The number of alkyl halides is 3. The molecule has 1 heterocycles. The second kappa shape index (κ2) is 2.84. The number of rotatable bonds is 1. The first-order valence-corrected chi connectivity index (χ1v) is 2.80. The third kappa shape index (κ3) is 2.26. The lowest BCUT2D eigenvalue weighted by Gasteiger charge is -2.08. The van der Waals surface area contributed by atoms with E-state index in [9.17, 15) is 13.2 Å². The van der Waals surface area contributed by atoms with E-state index in [1.54, 1.807) is 0 Å².